The van der Waals surface area contributed by atoms with Crippen molar-refractivity contribution in [1.82, 2.24) is 9.97 Å². The third-order valence-electron chi connectivity index (χ3n) is 5.05. The molecular weight excluding hydrogens is 435 g/mol. The number of pyridine rings is 1. The highest BCUT2D eigenvalue weighted by Gasteiger charge is 2.17. The van der Waals surface area contributed by atoms with Gasteiger partial charge in [0.1, 0.15) is 11.6 Å². The summed E-state index contributed by atoms with van der Waals surface area (Å²) in [6.07, 6.45) is 4.52. The van der Waals surface area contributed by atoms with Gasteiger partial charge in [-0.1, -0.05) is 12.1 Å². The van der Waals surface area contributed by atoms with Crippen LogP contribution >= 0.6 is 11.3 Å². The van der Waals surface area contributed by atoms with E-state index in [-0.39, 0.29) is 5.82 Å². The summed E-state index contributed by atoms with van der Waals surface area (Å²) < 4.78 is 40.8. The van der Waals surface area contributed by atoms with E-state index in [1.807, 2.05) is 29.6 Å². The van der Waals surface area contributed by atoms with Crippen molar-refractivity contribution >= 4 is 53.9 Å². The Morgan fingerprint density at radius 3 is 2.61 bits per heavy atom. The first-order chi connectivity index (χ1) is 14.8. The second-order valence-electron chi connectivity index (χ2n) is 7.26. The number of fused-ring (bicyclic) bond motifs is 2. The standard InChI is InChI=1S/C22H17FN4O2S2/c1-31(28,29)27-15-4-2-12(3-5-15)16-10-26-22(24)19-17(11-30-21(16)19)14-8-13-6-7-25-20(13)18(23)9-14/h2-11,25,27H,1H3,(H2,24,26). The van der Waals surface area contributed by atoms with Crippen molar-refractivity contribution in [1.29, 1.82) is 0 Å². The normalized spacial score (nSPS) is 11.9. The zero-order chi connectivity index (χ0) is 21.8. The van der Waals surface area contributed by atoms with Crippen molar-refractivity contribution in [2.24, 2.45) is 0 Å². The van der Waals surface area contributed by atoms with Crippen LogP contribution in [0.15, 0.2) is 60.2 Å². The van der Waals surface area contributed by atoms with Crippen LogP contribution in [-0.2, 0) is 10.0 Å². The van der Waals surface area contributed by atoms with E-state index in [1.165, 1.54) is 17.4 Å². The van der Waals surface area contributed by atoms with Crippen LogP contribution in [-0.4, -0.2) is 24.6 Å². The lowest BCUT2D eigenvalue weighted by Gasteiger charge is -2.09. The van der Waals surface area contributed by atoms with Gasteiger partial charge >= 0.3 is 0 Å². The van der Waals surface area contributed by atoms with Gasteiger partial charge < -0.3 is 10.7 Å². The summed E-state index contributed by atoms with van der Waals surface area (Å²) >= 11 is 1.51. The Kier molecular flexibility index (Phi) is 4.45. The van der Waals surface area contributed by atoms with Gasteiger partial charge in [0.05, 0.1) is 11.8 Å². The fourth-order valence-corrected chi connectivity index (χ4v) is 5.38. The average molecular weight is 453 g/mol. The van der Waals surface area contributed by atoms with E-state index < -0.39 is 10.0 Å². The number of sulfonamides is 1. The van der Waals surface area contributed by atoms with E-state index in [0.29, 0.717) is 17.0 Å². The van der Waals surface area contributed by atoms with Gasteiger partial charge in [-0.15, -0.1) is 11.3 Å². The van der Waals surface area contributed by atoms with Crippen LogP contribution in [0.25, 0.3) is 43.2 Å². The number of hydrogen-bond donors (Lipinski definition) is 3. The molecule has 4 N–H and O–H groups in total. The van der Waals surface area contributed by atoms with Crippen molar-refractivity contribution in [3.8, 4) is 22.3 Å². The van der Waals surface area contributed by atoms with Crippen LogP contribution in [0.5, 0.6) is 0 Å². The van der Waals surface area contributed by atoms with Crippen LogP contribution in [0, 0.1) is 5.82 Å². The summed E-state index contributed by atoms with van der Waals surface area (Å²) in [5.41, 5.74) is 10.5. The summed E-state index contributed by atoms with van der Waals surface area (Å²) in [6, 6.07) is 12.3. The Morgan fingerprint density at radius 1 is 1.10 bits per heavy atom. The van der Waals surface area contributed by atoms with E-state index in [9.17, 15) is 12.8 Å². The highest BCUT2D eigenvalue weighted by atomic mass is 32.2. The number of aromatic nitrogens is 2. The monoisotopic (exact) mass is 452 g/mol. The fourth-order valence-electron chi connectivity index (χ4n) is 3.70. The topological polar surface area (TPSA) is 101 Å². The minimum atomic E-state index is -3.35. The van der Waals surface area contributed by atoms with Gasteiger partial charge in [-0.3, -0.25) is 4.72 Å². The molecule has 0 fully saturated rings. The molecule has 0 saturated heterocycles. The first-order valence-corrected chi connectivity index (χ1v) is 12.1. The molecule has 5 aromatic rings. The van der Waals surface area contributed by atoms with E-state index in [4.69, 9.17) is 5.73 Å². The van der Waals surface area contributed by atoms with Gasteiger partial charge in [-0.2, -0.15) is 0 Å². The number of nitrogens with two attached hydrogens (primary N) is 1. The molecule has 0 radical (unpaired) electrons. The maximum atomic E-state index is 14.5. The third-order valence-corrected chi connectivity index (χ3v) is 6.67. The van der Waals surface area contributed by atoms with Gasteiger partial charge in [0.2, 0.25) is 10.0 Å². The van der Waals surface area contributed by atoms with Gasteiger partial charge in [-0.25, -0.2) is 17.8 Å². The molecular formula is C22H17FN4O2S2. The Labute approximate surface area is 181 Å². The van der Waals surface area contributed by atoms with E-state index in [0.717, 1.165) is 44.0 Å². The molecule has 0 saturated carbocycles. The molecule has 3 heterocycles. The highest BCUT2D eigenvalue weighted by molar-refractivity contribution is 7.92. The largest absolute Gasteiger partial charge is 0.383 e. The molecule has 0 unspecified atom stereocenters. The SMILES string of the molecule is CS(=O)(=O)Nc1ccc(-c2cnc(N)c3c(-c4cc(F)c5[nH]ccc5c4)csc23)cc1. The van der Waals surface area contributed by atoms with Gasteiger partial charge in [0.15, 0.2) is 0 Å². The van der Waals surface area contributed by atoms with Gasteiger partial charge in [0, 0.05) is 44.7 Å². The van der Waals surface area contributed by atoms with Crippen LogP contribution in [0.4, 0.5) is 15.9 Å². The molecule has 156 valence electrons. The highest BCUT2D eigenvalue weighted by Crippen LogP contribution is 2.42. The lowest BCUT2D eigenvalue weighted by molar-refractivity contribution is 0.607. The van der Waals surface area contributed by atoms with Crippen molar-refractivity contribution in [2.45, 2.75) is 0 Å². The van der Waals surface area contributed by atoms with Gasteiger partial charge in [0.25, 0.3) is 0 Å². The molecule has 0 aliphatic carbocycles. The molecule has 0 aliphatic rings. The number of nitrogens with one attached hydrogen (secondary N) is 2. The van der Waals surface area contributed by atoms with Crippen molar-refractivity contribution in [3.63, 3.8) is 0 Å². The van der Waals surface area contributed by atoms with Crippen LogP contribution < -0.4 is 10.5 Å². The molecule has 3 aromatic heterocycles. The molecule has 0 amide bonds. The number of hydrogen-bond acceptors (Lipinski definition) is 5. The summed E-state index contributed by atoms with van der Waals surface area (Å²) in [5, 5.41) is 3.51. The van der Waals surface area contributed by atoms with Crippen LogP contribution in [0.2, 0.25) is 0 Å². The van der Waals surface area contributed by atoms with Crippen molar-refractivity contribution in [3.05, 3.63) is 66.1 Å². The number of anilines is 2. The molecule has 0 aliphatic heterocycles. The second-order valence-corrected chi connectivity index (χ2v) is 9.89. The number of benzene rings is 2. The fraction of sp³-hybridized carbons (Fsp3) is 0.0455. The summed E-state index contributed by atoms with van der Waals surface area (Å²) in [7, 11) is -3.35. The Bertz CT molecular complexity index is 1550. The van der Waals surface area contributed by atoms with Gasteiger partial charge in [-0.05, 0) is 46.8 Å². The minimum Gasteiger partial charge on any atom is -0.383 e. The quantitative estimate of drug-likeness (QED) is 0.349. The lowest BCUT2D eigenvalue weighted by atomic mass is 10.0. The summed E-state index contributed by atoms with van der Waals surface area (Å²) in [4.78, 5) is 7.28. The Morgan fingerprint density at radius 2 is 1.87 bits per heavy atom. The first kappa shape index (κ1) is 19.5. The average Bonchev–Trinajstić information content (AvgIpc) is 3.36. The third kappa shape index (κ3) is 3.51. The molecule has 0 atom stereocenters. The first-order valence-electron chi connectivity index (χ1n) is 9.31. The second kappa shape index (κ2) is 7.07. The zero-order valence-electron chi connectivity index (χ0n) is 16.3. The predicted molar refractivity (Wildman–Crippen MR) is 125 cm³/mol. The number of nitrogens with zero attached hydrogens (tertiary/aromatic N) is 1. The maximum absolute atomic E-state index is 14.5. The molecule has 2 aromatic carbocycles. The predicted octanol–water partition coefficient (Wildman–Crippen LogP) is 5.20. The molecule has 9 heteroatoms. The summed E-state index contributed by atoms with van der Waals surface area (Å²) in [6.45, 7) is 0. The Hall–Kier alpha value is -3.43. The molecule has 0 bridgehead atoms. The Balaban J connectivity index is 1.64. The van der Waals surface area contributed by atoms with E-state index >= 15 is 0 Å². The number of rotatable bonds is 4. The minimum absolute atomic E-state index is 0.325. The van der Waals surface area contributed by atoms with E-state index in [1.54, 1.807) is 24.5 Å². The maximum Gasteiger partial charge on any atom is 0.229 e. The van der Waals surface area contributed by atoms with Crippen LogP contribution in [0.3, 0.4) is 0 Å². The van der Waals surface area contributed by atoms with E-state index in [2.05, 4.69) is 14.7 Å². The smallest absolute Gasteiger partial charge is 0.229 e. The number of aromatic amines is 1. The number of H-pyrrole nitrogens is 1. The molecule has 0 spiro atoms. The van der Waals surface area contributed by atoms with Crippen molar-refractivity contribution in [2.75, 3.05) is 16.7 Å². The van der Waals surface area contributed by atoms with Crippen molar-refractivity contribution < 1.29 is 12.8 Å². The zero-order valence-corrected chi connectivity index (χ0v) is 17.9. The number of thiophene rings is 1. The number of halogens is 1. The van der Waals surface area contributed by atoms with Crippen LogP contribution in [0.1, 0.15) is 0 Å². The molecule has 6 nitrogen and oxygen atoms in total. The number of nitrogen functional groups attached to an aromatic ring is 1. The summed E-state index contributed by atoms with van der Waals surface area (Å²) in [5.74, 6) is 0.0495. The lowest BCUT2D eigenvalue weighted by Crippen LogP contribution is -2.09. The molecule has 5 rings (SSSR count). The molecule has 31 heavy (non-hydrogen) atoms.